The Morgan fingerprint density at radius 2 is 2.13 bits per heavy atom. The van der Waals surface area contributed by atoms with Gasteiger partial charge in [0, 0.05) is 5.75 Å². The maximum absolute atomic E-state index is 12.7. The van der Waals surface area contributed by atoms with Crippen LogP contribution in [0.25, 0.3) is 0 Å². The molecule has 5 nitrogen and oxygen atoms in total. The number of allylic oxidation sites excluding steroid dienone is 1. The number of sulfonamides is 1. The van der Waals surface area contributed by atoms with Crippen LogP contribution in [0.15, 0.2) is 34.9 Å². The Balaban J connectivity index is 1.84. The van der Waals surface area contributed by atoms with E-state index >= 15 is 0 Å². The van der Waals surface area contributed by atoms with Crippen molar-refractivity contribution in [3.05, 3.63) is 46.1 Å². The Hall–Kier alpha value is -1.47. The minimum absolute atomic E-state index is 0.351. The number of hydrogen-bond acceptors (Lipinski definition) is 5. The summed E-state index contributed by atoms with van der Waals surface area (Å²) in [6, 6.07) is 7.55. The van der Waals surface area contributed by atoms with Crippen LogP contribution < -0.4 is 4.72 Å². The van der Waals surface area contributed by atoms with Crippen LogP contribution in [0.2, 0.25) is 0 Å². The van der Waals surface area contributed by atoms with Crippen molar-refractivity contribution >= 4 is 27.7 Å². The van der Waals surface area contributed by atoms with Crippen molar-refractivity contribution in [3.63, 3.8) is 0 Å². The van der Waals surface area contributed by atoms with Gasteiger partial charge in [-0.05, 0) is 37.3 Å². The van der Waals surface area contributed by atoms with Crippen LogP contribution in [-0.2, 0) is 26.0 Å². The fraction of sp³-hybridized carbons (Fsp3) is 0.438. The molecule has 7 heteroatoms. The first-order valence-electron chi connectivity index (χ1n) is 7.59. The number of ether oxygens (including phenoxy) is 1. The number of aryl methyl sites for hydroxylation is 1. The SMILES string of the molecule is CC1=C(C(=O)NS(=O)(=O)C2CCCc3ccccc32)SCCO1. The van der Waals surface area contributed by atoms with Crippen molar-refractivity contribution in [1.82, 2.24) is 4.72 Å². The van der Waals surface area contributed by atoms with E-state index in [1.807, 2.05) is 24.3 Å². The first-order chi connectivity index (χ1) is 11.0. The molecule has 0 fully saturated rings. The Morgan fingerprint density at radius 3 is 2.91 bits per heavy atom. The highest BCUT2D eigenvalue weighted by Gasteiger charge is 2.34. The molecule has 0 bridgehead atoms. The second kappa shape index (κ2) is 6.57. The first kappa shape index (κ1) is 16.4. The Morgan fingerprint density at radius 1 is 1.35 bits per heavy atom. The lowest BCUT2D eigenvalue weighted by molar-refractivity contribution is -0.115. The van der Waals surface area contributed by atoms with Crippen LogP contribution >= 0.6 is 11.8 Å². The van der Waals surface area contributed by atoms with Gasteiger partial charge in [-0.2, -0.15) is 0 Å². The topological polar surface area (TPSA) is 72.5 Å². The van der Waals surface area contributed by atoms with Crippen LogP contribution in [0.3, 0.4) is 0 Å². The number of nitrogens with one attached hydrogen (secondary N) is 1. The van der Waals surface area contributed by atoms with Gasteiger partial charge >= 0.3 is 0 Å². The van der Waals surface area contributed by atoms with Gasteiger partial charge in [-0.1, -0.05) is 24.3 Å². The number of rotatable bonds is 3. The smallest absolute Gasteiger partial charge is 0.274 e. The minimum Gasteiger partial charge on any atom is -0.496 e. The molecule has 1 aromatic carbocycles. The zero-order valence-electron chi connectivity index (χ0n) is 12.9. The van der Waals surface area contributed by atoms with Crippen molar-refractivity contribution < 1.29 is 17.9 Å². The molecule has 1 N–H and O–H groups in total. The van der Waals surface area contributed by atoms with E-state index in [4.69, 9.17) is 4.74 Å². The van der Waals surface area contributed by atoms with E-state index in [-0.39, 0.29) is 0 Å². The van der Waals surface area contributed by atoms with E-state index in [0.29, 0.717) is 29.4 Å². The summed E-state index contributed by atoms with van der Waals surface area (Å²) in [5, 5.41) is -0.674. The lowest BCUT2D eigenvalue weighted by Gasteiger charge is -2.26. The second-order valence-corrected chi connectivity index (χ2v) is 8.61. The summed E-state index contributed by atoms with van der Waals surface area (Å²) in [7, 11) is -3.77. The highest BCUT2D eigenvalue weighted by molar-refractivity contribution is 8.04. The molecular weight excluding hydrogens is 334 g/mol. The van der Waals surface area contributed by atoms with E-state index < -0.39 is 21.2 Å². The molecule has 2 aliphatic rings. The highest BCUT2D eigenvalue weighted by Crippen LogP contribution is 2.35. The molecule has 124 valence electrons. The van der Waals surface area contributed by atoms with Gasteiger partial charge in [0.25, 0.3) is 5.91 Å². The molecule has 0 radical (unpaired) electrons. The number of amides is 1. The average Bonchev–Trinajstić information content (AvgIpc) is 2.54. The summed E-state index contributed by atoms with van der Waals surface area (Å²) in [6.07, 6.45) is 2.21. The van der Waals surface area contributed by atoms with E-state index in [1.165, 1.54) is 11.8 Å². The molecule has 23 heavy (non-hydrogen) atoms. The van der Waals surface area contributed by atoms with Crippen molar-refractivity contribution in [2.75, 3.05) is 12.4 Å². The van der Waals surface area contributed by atoms with Gasteiger partial charge in [0.15, 0.2) is 0 Å². The Kier molecular flexibility index (Phi) is 4.68. The van der Waals surface area contributed by atoms with Crippen molar-refractivity contribution in [2.45, 2.75) is 31.4 Å². The van der Waals surface area contributed by atoms with E-state index in [9.17, 15) is 13.2 Å². The molecule has 1 aromatic rings. The third-order valence-electron chi connectivity index (χ3n) is 4.10. The highest BCUT2D eigenvalue weighted by atomic mass is 32.2. The number of fused-ring (bicyclic) bond motifs is 1. The number of benzene rings is 1. The molecule has 0 saturated heterocycles. The number of thioether (sulfide) groups is 1. The van der Waals surface area contributed by atoms with Gasteiger partial charge in [-0.3, -0.25) is 4.79 Å². The summed E-state index contributed by atoms with van der Waals surface area (Å²) < 4.78 is 33.0. The maximum Gasteiger partial charge on any atom is 0.274 e. The van der Waals surface area contributed by atoms with Gasteiger partial charge in [-0.25, -0.2) is 13.1 Å². The van der Waals surface area contributed by atoms with Crippen LogP contribution in [0.4, 0.5) is 0 Å². The van der Waals surface area contributed by atoms with Crippen LogP contribution in [0.5, 0.6) is 0 Å². The molecule has 1 aliphatic heterocycles. The summed E-state index contributed by atoms with van der Waals surface area (Å²) in [4.78, 5) is 12.7. The van der Waals surface area contributed by atoms with Gasteiger partial charge < -0.3 is 4.74 Å². The molecule has 1 aliphatic carbocycles. The third-order valence-corrected chi connectivity index (χ3v) is 6.94. The minimum atomic E-state index is -3.77. The van der Waals surface area contributed by atoms with Crippen molar-refractivity contribution in [1.29, 1.82) is 0 Å². The summed E-state index contributed by atoms with van der Waals surface area (Å²) in [6.45, 7) is 2.22. The molecule has 1 unspecified atom stereocenters. The monoisotopic (exact) mass is 353 g/mol. The zero-order chi connectivity index (χ0) is 16.4. The van der Waals surface area contributed by atoms with Crippen molar-refractivity contribution in [3.8, 4) is 0 Å². The van der Waals surface area contributed by atoms with E-state index in [2.05, 4.69) is 4.72 Å². The van der Waals surface area contributed by atoms with Crippen LogP contribution in [-0.4, -0.2) is 26.7 Å². The average molecular weight is 353 g/mol. The number of carbonyl (C=O) groups is 1. The van der Waals surface area contributed by atoms with Crippen LogP contribution in [0.1, 0.15) is 36.1 Å². The predicted octanol–water partition coefficient (Wildman–Crippen LogP) is 2.50. The van der Waals surface area contributed by atoms with Crippen LogP contribution in [0, 0.1) is 0 Å². The molecule has 1 atom stereocenters. The maximum atomic E-state index is 12.7. The summed E-state index contributed by atoms with van der Waals surface area (Å²) >= 11 is 1.33. The lowest BCUT2D eigenvalue weighted by atomic mass is 9.91. The fourth-order valence-electron chi connectivity index (χ4n) is 3.01. The molecule has 0 spiro atoms. The zero-order valence-corrected chi connectivity index (χ0v) is 14.5. The Bertz CT molecular complexity index is 755. The quantitative estimate of drug-likeness (QED) is 0.904. The lowest BCUT2D eigenvalue weighted by Crippen LogP contribution is -2.37. The fourth-order valence-corrected chi connectivity index (χ4v) is 5.43. The Labute approximate surface area is 140 Å². The summed E-state index contributed by atoms with van der Waals surface area (Å²) in [5.41, 5.74) is 1.85. The van der Waals surface area contributed by atoms with Crippen molar-refractivity contribution in [2.24, 2.45) is 0 Å². The van der Waals surface area contributed by atoms with Gasteiger partial charge in [0.1, 0.15) is 15.9 Å². The van der Waals surface area contributed by atoms with Gasteiger partial charge in [0.2, 0.25) is 10.0 Å². The van der Waals surface area contributed by atoms with Gasteiger partial charge in [-0.15, -0.1) is 11.8 Å². The van der Waals surface area contributed by atoms with E-state index in [0.717, 1.165) is 24.0 Å². The third kappa shape index (κ3) is 3.40. The molecule has 0 aromatic heterocycles. The molecule has 0 saturated carbocycles. The molecule has 1 heterocycles. The molecular formula is C16H19NO4S2. The van der Waals surface area contributed by atoms with Gasteiger partial charge in [0.05, 0.1) is 6.61 Å². The normalized spacial score (nSPS) is 21.3. The number of hydrogen-bond donors (Lipinski definition) is 1. The summed E-state index contributed by atoms with van der Waals surface area (Å²) in [5.74, 6) is 0.542. The number of carbonyl (C=O) groups excluding carboxylic acids is 1. The first-order valence-corrected chi connectivity index (χ1v) is 10.1. The standard InChI is InChI=1S/C16H19NO4S2/c1-11-15(22-10-9-21-11)16(18)17-23(19,20)14-8-4-6-12-5-2-3-7-13(12)14/h2-3,5,7,14H,4,6,8-10H2,1H3,(H,17,18). The molecule has 3 rings (SSSR count). The molecule has 1 amide bonds. The predicted molar refractivity (Wildman–Crippen MR) is 90.3 cm³/mol. The van der Waals surface area contributed by atoms with E-state index in [1.54, 1.807) is 6.92 Å². The second-order valence-electron chi connectivity index (χ2n) is 5.64. The largest absolute Gasteiger partial charge is 0.496 e.